The smallest absolute Gasteiger partial charge is 0.227 e. The second-order valence-electron chi connectivity index (χ2n) is 6.62. The standard InChI is InChI=1S/C14H24N2O/c15-10-14(6-1-2-7-14)12(17)16-11-8-13(9-11)4-3-5-13/h11H,1-10,15H2,(H,16,17). The van der Waals surface area contributed by atoms with Gasteiger partial charge in [0.1, 0.15) is 0 Å². The summed E-state index contributed by atoms with van der Waals surface area (Å²) in [4.78, 5) is 12.3. The Balaban J connectivity index is 1.53. The van der Waals surface area contributed by atoms with E-state index in [1.807, 2.05) is 0 Å². The third kappa shape index (κ3) is 1.79. The Labute approximate surface area is 104 Å². The minimum Gasteiger partial charge on any atom is -0.353 e. The number of nitrogens with one attached hydrogen (secondary N) is 1. The van der Waals surface area contributed by atoms with E-state index >= 15 is 0 Å². The lowest BCUT2D eigenvalue weighted by atomic mass is 9.54. The predicted octanol–water partition coefficient (Wildman–Crippen LogP) is 1.95. The molecular weight excluding hydrogens is 212 g/mol. The first-order valence-electron chi connectivity index (χ1n) is 7.19. The summed E-state index contributed by atoms with van der Waals surface area (Å²) in [6.45, 7) is 0.525. The molecule has 0 aromatic rings. The molecule has 0 aromatic heterocycles. The lowest BCUT2D eigenvalue weighted by molar-refractivity contribution is -0.133. The second kappa shape index (κ2) is 3.98. The maximum atomic E-state index is 12.3. The fourth-order valence-corrected chi connectivity index (χ4v) is 4.09. The molecule has 0 radical (unpaired) electrons. The molecule has 1 amide bonds. The number of carbonyl (C=O) groups is 1. The Bertz CT molecular complexity index is 308. The van der Waals surface area contributed by atoms with Crippen molar-refractivity contribution >= 4 is 5.91 Å². The number of amides is 1. The average molecular weight is 236 g/mol. The van der Waals surface area contributed by atoms with Crippen molar-refractivity contribution in [2.24, 2.45) is 16.6 Å². The van der Waals surface area contributed by atoms with Crippen LogP contribution in [0.2, 0.25) is 0 Å². The van der Waals surface area contributed by atoms with Gasteiger partial charge in [0, 0.05) is 12.6 Å². The van der Waals surface area contributed by atoms with E-state index in [1.165, 1.54) is 44.9 Å². The molecule has 3 saturated carbocycles. The zero-order chi connectivity index (χ0) is 11.9. The highest BCUT2D eigenvalue weighted by Crippen LogP contribution is 2.56. The predicted molar refractivity (Wildman–Crippen MR) is 67.4 cm³/mol. The van der Waals surface area contributed by atoms with E-state index in [4.69, 9.17) is 5.73 Å². The fraction of sp³-hybridized carbons (Fsp3) is 0.929. The Morgan fingerprint density at radius 1 is 1.12 bits per heavy atom. The van der Waals surface area contributed by atoms with Gasteiger partial charge in [-0.15, -0.1) is 0 Å². The van der Waals surface area contributed by atoms with Crippen molar-refractivity contribution in [2.75, 3.05) is 6.54 Å². The number of carbonyl (C=O) groups excluding carboxylic acids is 1. The molecule has 0 aromatic carbocycles. The average Bonchev–Trinajstić information content (AvgIpc) is 2.69. The summed E-state index contributed by atoms with van der Waals surface area (Å²) in [7, 11) is 0. The molecule has 0 unspecified atom stereocenters. The quantitative estimate of drug-likeness (QED) is 0.787. The summed E-state index contributed by atoms with van der Waals surface area (Å²) >= 11 is 0. The summed E-state index contributed by atoms with van der Waals surface area (Å²) in [5.41, 5.74) is 6.26. The van der Waals surface area contributed by atoms with Crippen LogP contribution >= 0.6 is 0 Å². The normalized spacial score (nSPS) is 29.7. The van der Waals surface area contributed by atoms with Gasteiger partial charge in [0.2, 0.25) is 5.91 Å². The van der Waals surface area contributed by atoms with E-state index in [0.717, 1.165) is 12.8 Å². The summed E-state index contributed by atoms with van der Waals surface area (Å²) in [6.07, 6.45) is 10.9. The van der Waals surface area contributed by atoms with Gasteiger partial charge in [0.15, 0.2) is 0 Å². The van der Waals surface area contributed by atoms with Gasteiger partial charge < -0.3 is 11.1 Å². The van der Waals surface area contributed by atoms with Crippen LogP contribution in [0.15, 0.2) is 0 Å². The minimum atomic E-state index is -0.220. The molecule has 0 atom stereocenters. The summed E-state index contributed by atoms with van der Waals surface area (Å²) in [6, 6.07) is 0.451. The number of rotatable bonds is 3. The van der Waals surface area contributed by atoms with E-state index in [0.29, 0.717) is 18.0 Å². The van der Waals surface area contributed by atoms with Gasteiger partial charge in [-0.2, -0.15) is 0 Å². The van der Waals surface area contributed by atoms with Crippen LogP contribution in [0, 0.1) is 10.8 Å². The van der Waals surface area contributed by atoms with Gasteiger partial charge >= 0.3 is 0 Å². The Morgan fingerprint density at radius 3 is 2.24 bits per heavy atom. The highest BCUT2D eigenvalue weighted by Gasteiger charge is 2.50. The summed E-state index contributed by atoms with van der Waals surface area (Å²) < 4.78 is 0. The monoisotopic (exact) mass is 236 g/mol. The van der Waals surface area contributed by atoms with Crippen molar-refractivity contribution in [3.05, 3.63) is 0 Å². The largest absolute Gasteiger partial charge is 0.353 e. The Hall–Kier alpha value is -0.570. The highest BCUT2D eigenvalue weighted by molar-refractivity contribution is 5.83. The van der Waals surface area contributed by atoms with Gasteiger partial charge in [-0.3, -0.25) is 4.79 Å². The maximum absolute atomic E-state index is 12.3. The maximum Gasteiger partial charge on any atom is 0.227 e. The number of nitrogens with two attached hydrogens (primary N) is 1. The molecule has 0 saturated heterocycles. The first-order valence-corrected chi connectivity index (χ1v) is 7.19. The molecule has 3 nitrogen and oxygen atoms in total. The second-order valence-corrected chi connectivity index (χ2v) is 6.62. The topological polar surface area (TPSA) is 55.1 Å². The minimum absolute atomic E-state index is 0.220. The molecule has 3 heteroatoms. The molecule has 3 fully saturated rings. The van der Waals surface area contributed by atoms with Crippen LogP contribution in [0.3, 0.4) is 0 Å². The Kier molecular flexibility index (Phi) is 2.69. The van der Waals surface area contributed by atoms with Crippen molar-refractivity contribution in [1.82, 2.24) is 5.32 Å². The first-order chi connectivity index (χ1) is 8.18. The van der Waals surface area contributed by atoms with Crippen LogP contribution in [-0.4, -0.2) is 18.5 Å². The molecule has 96 valence electrons. The molecule has 0 heterocycles. The van der Waals surface area contributed by atoms with Crippen molar-refractivity contribution in [2.45, 2.75) is 63.8 Å². The van der Waals surface area contributed by atoms with Crippen LogP contribution in [0.1, 0.15) is 57.8 Å². The molecule has 3 N–H and O–H groups in total. The lowest BCUT2D eigenvalue weighted by Gasteiger charge is -2.54. The van der Waals surface area contributed by atoms with Crippen molar-refractivity contribution in [3.8, 4) is 0 Å². The molecule has 1 spiro atoms. The van der Waals surface area contributed by atoms with Crippen LogP contribution in [0.25, 0.3) is 0 Å². The van der Waals surface area contributed by atoms with E-state index in [2.05, 4.69) is 5.32 Å². The molecule has 17 heavy (non-hydrogen) atoms. The first kappa shape index (κ1) is 11.5. The van der Waals surface area contributed by atoms with Crippen molar-refractivity contribution in [3.63, 3.8) is 0 Å². The van der Waals surface area contributed by atoms with E-state index in [1.54, 1.807) is 0 Å². The Morgan fingerprint density at radius 2 is 1.76 bits per heavy atom. The van der Waals surface area contributed by atoms with Gasteiger partial charge in [-0.05, 0) is 43.9 Å². The number of hydrogen-bond donors (Lipinski definition) is 2. The van der Waals surface area contributed by atoms with Gasteiger partial charge in [-0.1, -0.05) is 19.3 Å². The third-order valence-electron chi connectivity index (χ3n) is 5.54. The van der Waals surface area contributed by atoms with Gasteiger partial charge in [0.25, 0.3) is 0 Å². The van der Waals surface area contributed by atoms with Gasteiger partial charge in [-0.25, -0.2) is 0 Å². The van der Waals surface area contributed by atoms with E-state index in [-0.39, 0.29) is 11.3 Å². The number of hydrogen-bond acceptors (Lipinski definition) is 2. The molecule has 3 aliphatic carbocycles. The van der Waals surface area contributed by atoms with Crippen LogP contribution in [0.4, 0.5) is 0 Å². The zero-order valence-electron chi connectivity index (χ0n) is 10.6. The SMILES string of the molecule is NCC1(C(=O)NC2CC3(CCC3)C2)CCCC1. The molecule has 3 rings (SSSR count). The van der Waals surface area contributed by atoms with Crippen molar-refractivity contribution < 1.29 is 4.79 Å². The van der Waals surface area contributed by atoms with Crippen molar-refractivity contribution in [1.29, 1.82) is 0 Å². The van der Waals surface area contributed by atoms with E-state index in [9.17, 15) is 4.79 Å². The van der Waals surface area contributed by atoms with Crippen LogP contribution < -0.4 is 11.1 Å². The molecule has 0 bridgehead atoms. The molecule has 0 aliphatic heterocycles. The zero-order valence-corrected chi connectivity index (χ0v) is 10.6. The third-order valence-corrected chi connectivity index (χ3v) is 5.54. The molecular formula is C14H24N2O. The highest BCUT2D eigenvalue weighted by atomic mass is 16.2. The fourth-order valence-electron chi connectivity index (χ4n) is 4.09. The lowest BCUT2D eigenvalue weighted by Crippen LogP contribution is -2.57. The summed E-state index contributed by atoms with van der Waals surface area (Å²) in [5.74, 6) is 0.247. The summed E-state index contributed by atoms with van der Waals surface area (Å²) in [5, 5.41) is 3.25. The van der Waals surface area contributed by atoms with E-state index < -0.39 is 0 Å². The van der Waals surface area contributed by atoms with Gasteiger partial charge in [0.05, 0.1) is 5.41 Å². The van der Waals surface area contributed by atoms with Crippen LogP contribution in [-0.2, 0) is 4.79 Å². The van der Waals surface area contributed by atoms with Crippen LogP contribution in [0.5, 0.6) is 0 Å². The molecule has 3 aliphatic rings.